The molecule has 3 rings (SSSR count). The van der Waals surface area contributed by atoms with Crippen molar-refractivity contribution in [2.75, 3.05) is 14.2 Å². The average Bonchev–Trinajstić information content (AvgIpc) is 2.84. The van der Waals surface area contributed by atoms with Gasteiger partial charge in [0.25, 0.3) is 5.91 Å². The number of fused-ring (bicyclic) bond motifs is 1. The molecular formula is C17H21N2NaO6S. The van der Waals surface area contributed by atoms with Gasteiger partial charge in [-0.2, -0.15) is 5.48 Å². The molecule has 2 amide bonds. The third kappa shape index (κ3) is 3.91. The molecule has 2 atom stereocenters. The van der Waals surface area contributed by atoms with Crippen molar-refractivity contribution < 1.29 is 28.7 Å². The topological polar surface area (TPSA) is 94.2 Å². The zero-order chi connectivity index (χ0) is 19.1. The van der Waals surface area contributed by atoms with E-state index in [4.69, 9.17) is 14.3 Å². The minimum absolute atomic E-state index is 0. The number of carbonyl (C=O) groups excluding carboxylic acids is 3. The number of β-lactam (4-membered cyclic amide) rings is 1. The zero-order valence-corrected chi connectivity index (χ0v) is 15.7. The summed E-state index contributed by atoms with van der Waals surface area (Å²) in [6.45, 7) is 3.75. The van der Waals surface area contributed by atoms with Gasteiger partial charge in [0.1, 0.15) is 23.1 Å². The Kier molecular flexibility index (Phi) is 6.72. The van der Waals surface area contributed by atoms with Gasteiger partial charge in [-0.05, 0) is 26.0 Å². The van der Waals surface area contributed by atoms with Gasteiger partial charge in [-0.15, -0.1) is 11.8 Å². The number of hydroxylamine groups is 1. The maximum atomic E-state index is 12.5. The van der Waals surface area contributed by atoms with Crippen LogP contribution in [0.15, 0.2) is 18.2 Å². The van der Waals surface area contributed by atoms with Crippen LogP contribution in [-0.4, -0.2) is 82.6 Å². The zero-order valence-electron chi connectivity index (χ0n) is 14.9. The summed E-state index contributed by atoms with van der Waals surface area (Å²) in [6.07, 6.45) is 0.419. The Bertz CT molecular complexity index is 750. The summed E-state index contributed by atoms with van der Waals surface area (Å²) in [6, 6.07) is 4.12. The normalized spacial score (nSPS) is 22.1. The van der Waals surface area contributed by atoms with E-state index in [2.05, 4.69) is 5.48 Å². The molecule has 0 unspecified atom stereocenters. The molecule has 2 saturated heterocycles. The van der Waals surface area contributed by atoms with E-state index in [1.165, 1.54) is 19.1 Å². The molecule has 1 N–H and O–H groups in total. The first-order chi connectivity index (χ1) is 12.3. The van der Waals surface area contributed by atoms with E-state index in [9.17, 15) is 14.4 Å². The van der Waals surface area contributed by atoms with Crippen LogP contribution in [-0.2, 0) is 14.4 Å². The molecule has 2 fully saturated rings. The van der Waals surface area contributed by atoms with Crippen LogP contribution in [0.5, 0.6) is 11.5 Å². The summed E-state index contributed by atoms with van der Waals surface area (Å²) < 4.78 is 9.83. The fourth-order valence-electron chi connectivity index (χ4n) is 3.24. The molecule has 0 radical (unpaired) electrons. The van der Waals surface area contributed by atoms with E-state index in [-0.39, 0.29) is 57.9 Å². The standard InChI is InChI=1S/C17H20N2O6S.Na.H/c1-17(2)14(19-11(20)8-12(19)26-17)16(22)25-18-15(21)13-9(23-3)6-5-7-10(13)24-4;;/h5-7,12,14H,8H2,1-4H3,(H,18,21);;/t12-,14+;;/m1../s1. The van der Waals surface area contributed by atoms with Crippen molar-refractivity contribution in [3.05, 3.63) is 23.8 Å². The number of nitrogens with zero attached hydrogens (tertiary/aromatic N) is 1. The first kappa shape index (κ1) is 21.9. The van der Waals surface area contributed by atoms with Gasteiger partial charge < -0.3 is 19.2 Å². The number of nitrogens with one attached hydrogen (secondary N) is 1. The fraction of sp³-hybridized carbons (Fsp3) is 0.471. The van der Waals surface area contributed by atoms with E-state index in [1.807, 2.05) is 13.8 Å². The predicted octanol–water partition coefficient (Wildman–Crippen LogP) is 0.696. The Labute approximate surface area is 183 Å². The van der Waals surface area contributed by atoms with Crippen molar-refractivity contribution in [3.63, 3.8) is 0 Å². The predicted molar refractivity (Wildman–Crippen MR) is 101 cm³/mol. The van der Waals surface area contributed by atoms with Crippen molar-refractivity contribution in [1.82, 2.24) is 10.4 Å². The molecule has 27 heavy (non-hydrogen) atoms. The van der Waals surface area contributed by atoms with E-state index in [0.717, 1.165) is 0 Å². The number of amides is 2. The molecule has 2 heterocycles. The molecule has 2 aliphatic heterocycles. The summed E-state index contributed by atoms with van der Waals surface area (Å²) in [7, 11) is 2.84. The molecule has 1 aromatic carbocycles. The van der Waals surface area contributed by atoms with Crippen molar-refractivity contribution >= 4 is 59.1 Å². The van der Waals surface area contributed by atoms with Crippen LogP contribution in [0.1, 0.15) is 30.6 Å². The van der Waals surface area contributed by atoms with Gasteiger partial charge >= 0.3 is 35.5 Å². The number of hydrogen-bond acceptors (Lipinski definition) is 7. The Morgan fingerprint density at radius 1 is 1.22 bits per heavy atom. The van der Waals surface area contributed by atoms with Gasteiger partial charge in [0.2, 0.25) is 5.91 Å². The second-order valence-electron chi connectivity index (χ2n) is 6.47. The molecule has 0 bridgehead atoms. The third-order valence-corrected chi connectivity index (χ3v) is 5.94. The van der Waals surface area contributed by atoms with Crippen molar-refractivity contribution in [3.8, 4) is 11.5 Å². The average molecular weight is 404 g/mol. The molecule has 10 heteroatoms. The van der Waals surface area contributed by atoms with Gasteiger partial charge in [0.05, 0.1) is 26.0 Å². The Hall–Kier alpha value is -1.42. The number of carbonyl (C=O) groups is 3. The van der Waals surface area contributed by atoms with Crippen molar-refractivity contribution in [2.24, 2.45) is 0 Å². The van der Waals surface area contributed by atoms with Crippen LogP contribution >= 0.6 is 11.8 Å². The number of hydrogen-bond donors (Lipinski definition) is 1. The van der Waals surface area contributed by atoms with Crippen LogP contribution in [0.25, 0.3) is 0 Å². The number of ether oxygens (including phenoxy) is 2. The Balaban J connectivity index is 0.00000261. The number of methoxy groups -OCH3 is 2. The molecule has 0 spiro atoms. The molecule has 8 nitrogen and oxygen atoms in total. The fourth-order valence-corrected chi connectivity index (χ4v) is 4.85. The number of benzene rings is 1. The van der Waals surface area contributed by atoms with Gasteiger partial charge in [0, 0.05) is 4.75 Å². The Morgan fingerprint density at radius 3 is 2.33 bits per heavy atom. The third-order valence-electron chi connectivity index (χ3n) is 4.45. The van der Waals surface area contributed by atoms with E-state index >= 15 is 0 Å². The summed E-state index contributed by atoms with van der Waals surface area (Å²) in [5.74, 6) is -0.879. The SMILES string of the molecule is COc1cccc(OC)c1C(=O)NOC(=O)[C@@H]1N2C(=O)C[C@H]2SC1(C)C.[NaH]. The summed E-state index contributed by atoms with van der Waals surface area (Å²) in [5.41, 5.74) is 2.26. The molecule has 0 aromatic heterocycles. The summed E-state index contributed by atoms with van der Waals surface area (Å²) >= 11 is 1.55. The van der Waals surface area contributed by atoms with Gasteiger partial charge in [0.15, 0.2) is 0 Å². The molecule has 142 valence electrons. The maximum absolute atomic E-state index is 12.5. The quantitative estimate of drug-likeness (QED) is 0.448. The van der Waals surface area contributed by atoms with Crippen LogP contribution in [0.2, 0.25) is 0 Å². The summed E-state index contributed by atoms with van der Waals surface area (Å²) in [4.78, 5) is 43.4. The van der Waals surface area contributed by atoms with Crippen molar-refractivity contribution in [2.45, 2.75) is 36.4 Å². The van der Waals surface area contributed by atoms with Gasteiger partial charge in [-0.25, -0.2) is 4.79 Å². The van der Waals surface area contributed by atoms with E-state index < -0.39 is 22.7 Å². The monoisotopic (exact) mass is 404 g/mol. The first-order valence-electron chi connectivity index (χ1n) is 8.01. The van der Waals surface area contributed by atoms with Crippen LogP contribution in [0.4, 0.5) is 0 Å². The molecule has 2 aliphatic rings. The number of thioether (sulfide) groups is 1. The Morgan fingerprint density at radius 2 is 1.81 bits per heavy atom. The molecule has 0 saturated carbocycles. The van der Waals surface area contributed by atoms with E-state index in [1.54, 1.807) is 30.0 Å². The van der Waals surface area contributed by atoms with Crippen molar-refractivity contribution in [1.29, 1.82) is 0 Å². The van der Waals surface area contributed by atoms with Crippen LogP contribution in [0, 0.1) is 0 Å². The van der Waals surface area contributed by atoms with E-state index in [0.29, 0.717) is 6.42 Å². The molecule has 1 aromatic rings. The second kappa shape index (κ2) is 8.30. The first-order valence-corrected chi connectivity index (χ1v) is 8.89. The summed E-state index contributed by atoms with van der Waals surface area (Å²) in [5, 5.41) is -0.0138. The molecular weight excluding hydrogens is 383 g/mol. The van der Waals surface area contributed by atoms with Gasteiger partial charge in [-0.3, -0.25) is 9.59 Å². The van der Waals surface area contributed by atoms with Gasteiger partial charge in [-0.1, -0.05) is 6.07 Å². The van der Waals surface area contributed by atoms with Crippen LogP contribution in [0.3, 0.4) is 0 Å². The number of rotatable bonds is 4. The van der Waals surface area contributed by atoms with Crippen LogP contribution < -0.4 is 15.0 Å². The second-order valence-corrected chi connectivity index (χ2v) is 8.31. The molecule has 0 aliphatic carbocycles. The minimum atomic E-state index is -0.751.